The molecule has 0 saturated heterocycles. The zero-order valence-electron chi connectivity index (χ0n) is 17.5. The summed E-state index contributed by atoms with van der Waals surface area (Å²) >= 11 is 2.14. The molecule has 2 heterocycles. The molecule has 12 nitrogen and oxygen atoms in total. The number of azo groups is 1. The van der Waals surface area contributed by atoms with Gasteiger partial charge in [-0.3, -0.25) is 0 Å². The molecule has 34 heavy (non-hydrogen) atoms. The molecule has 0 atom stereocenters. The predicted molar refractivity (Wildman–Crippen MR) is 126 cm³/mol. The number of nitrogens with zero attached hydrogens (tertiary/aromatic N) is 5. The molecule has 0 aliphatic rings. The fourth-order valence-electron chi connectivity index (χ4n) is 3.04. The average molecular weight is 523 g/mol. The Morgan fingerprint density at radius 1 is 1.24 bits per heavy atom. The first-order chi connectivity index (χ1) is 16.3. The molecule has 15 heteroatoms. The van der Waals surface area contributed by atoms with E-state index in [1.54, 1.807) is 31.2 Å². The van der Waals surface area contributed by atoms with Gasteiger partial charge >= 0.3 is 0 Å². The number of anilines is 1. The zero-order valence-corrected chi connectivity index (χ0v) is 20.0. The molecule has 0 fully saturated rings. The molecule has 0 amide bonds. The van der Waals surface area contributed by atoms with Crippen LogP contribution < -0.4 is 5.73 Å². The smallest absolute Gasteiger partial charge is 0.231 e. The number of rotatable bonds is 9. The summed E-state index contributed by atoms with van der Waals surface area (Å²) in [5, 5.41) is 34.1. The highest BCUT2D eigenvalue weighted by Crippen LogP contribution is 2.35. The number of aliphatic hydroxyl groups excluding tert-OH is 1. The van der Waals surface area contributed by atoms with Crippen LogP contribution >= 0.6 is 23.4 Å². The van der Waals surface area contributed by atoms with Gasteiger partial charge in [0, 0.05) is 4.90 Å². The number of nitrogen functional groups attached to an aromatic ring is 1. The number of thiazole rings is 1. The van der Waals surface area contributed by atoms with Crippen LogP contribution in [0.3, 0.4) is 0 Å². The van der Waals surface area contributed by atoms with E-state index in [9.17, 15) is 8.42 Å². The summed E-state index contributed by atoms with van der Waals surface area (Å²) in [4.78, 5) is 5.13. The van der Waals surface area contributed by atoms with Gasteiger partial charge in [0.25, 0.3) is 0 Å². The van der Waals surface area contributed by atoms with Crippen molar-refractivity contribution in [2.24, 2.45) is 10.2 Å². The molecule has 178 valence electrons. The van der Waals surface area contributed by atoms with Gasteiger partial charge in [0.15, 0.2) is 21.3 Å². The summed E-state index contributed by atoms with van der Waals surface area (Å²) in [5.74, 6) is -0.201. The summed E-state index contributed by atoms with van der Waals surface area (Å²) in [5.41, 5.74) is 8.16. The van der Waals surface area contributed by atoms with Gasteiger partial charge in [-0.15, -0.1) is 14.6 Å². The number of sulfone groups is 1. The molecule has 0 saturated carbocycles. The third-order valence-corrected chi connectivity index (χ3v) is 7.78. The summed E-state index contributed by atoms with van der Waals surface area (Å²) in [6.07, 6.45) is 0. The Kier molecular flexibility index (Phi) is 7.22. The SMILES string of the molecule is Cc1nn(-c2cccc(S(=O)(=O)CCO)c2)c(N)c1/N=N/c1nc2cc(SOOO)ccc2s1. The molecule has 2 aromatic carbocycles. The molecule has 4 rings (SSSR count). The third kappa shape index (κ3) is 5.10. The zero-order chi connectivity index (χ0) is 24.3. The van der Waals surface area contributed by atoms with Crippen molar-refractivity contribution in [3.63, 3.8) is 0 Å². The second kappa shape index (κ2) is 10.1. The van der Waals surface area contributed by atoms with E-state index in [-0.39, 0.29) is 16.5 Å². The Hall–Kier alpha value is -2.92. The molecule has 0 bridgehead atoms. The number of fused-ring (bicyclic) bond motifs is 1. The van der Waals surface area contributed by atoms with Crippen molar-refractivity contribution in [1.82, 2.24) is 14.8 Å². The second-order valence-electron chi connectivity index (χ2n) is 6.82. The average Bonchev–Trinajstić information content (AvgIpc) is 3.35. The lowest BCUT2D eigenvalue weighted by Crippen LogP contribution is -2.11. The fraction of sp³-hybridized carbons (Fsp3) is 0.158. The molecule has 4 N–H and O–H groups in total. The van der Waals surface area contributed by atoms with Crippen LogP contribution in [-0.4, -0.2) is 45.9 Å². The molecule has 0 aliphatic carbocycles. The number of benzene rings is 2. The van der Waals surface area contributed by atoms with Crippen LogP contribution in [0.5, 0.6) is 0 Å². The molecular weight excluding hydrogens is 504 g/mol. The van der Waals surface area contributed by atoms with Crippen LogP contribution in [0.2, 0.25) is 0 Å². The van der Waals surface area contributed by atoms with Crippen molar-refractivity contribution < 1.29 is 28.2 Å². The van der Waals surface area contributed by atoms with Crippen molar-refractivity contribution >= 4 is 60.1 Å². The number of aliphatic hydroxyl groups is 1. The Morgan fingerprint density at radius 2 is 2.06 bits per heavy atom. The Balaban J connectivity index is 1.62. The van der Waals surface area contributed by atoms with Crippen LogP contribution in [0.1, 0.15) is 5.69 Å². The Morgan fingerprint density at radius 3 is 2.82 bits per heavy atom. The second-order valence-corrected chi connectivity index (χ2v) is 10.7. The van der Waals surface area contributed by atoms with Crippen molar-refractivity contribution in [2.75, 3.05) is 18.1 Å². The number of aromatic nitrogens is 3. The molecule has 0 aliphatic heterocycles. The van der Waals surface area contributed by atoms with Gasteiger partial charge in [-0.1, -0.05) is 22.4 Å². The minimum atomic E-state index is -3.63. The number of hydrogen-bond donors (Lipinski definition) is 3. The summed E-state index contributed by atoms with van der Waals surface area (Å²) in [6.45, 7) is 1.23. The predicted octanol–water partition coefficient (Wildman–Crippen LogP) is 3.98. The van der Waals surface area contributed by atoms with E-state index in [2.05, 4.69) is 29.7 Å². The fourth-order valence-corrected chi connectivity index (χ4v) is 5.26. The minimum Gasteiger partial charge on any atom is -0.395 e. The van der Waals surface area contributed by atoms with Crippen molar-refractivity contribution in [2.45, 2.75) is 16.7 Å². The lowest BCUT2D eigenvalue weighted by Gasteiger charge is -2.07. The first-order valence-electron chi connectivity index (χ1n) is 9.58. The largest absolute Gasteiger partial charge is 0.395 e. The van der Waals surface area contributed by atoms with Crippen molar-refractivity contribution in [3.05, 3.63) is 48.2 Å². The lowest BCUT2D eigenvalue weighted by molar-refractivity contribution is -0.432. The monoisotopic (exact) mass is 522 g/mol. The highest BCUT2D eigenvalue weighted by atomic mass is 32.2. The highest BCUT2D eigenvalue weighted by molar-refractivity contribution is 7.94. The topological polar surface area (TPSA) is 175 Å². The minimum absolute atomic E-state index is 0.0535. The molecule has 0 radical (unpaired) electrons. The maximum atomic E-state index is 12.3. The van der Waals surface area contributed by atoms with E-state index in [1.165, 1.54) is 28.2 Å². The number of aryl methyl sites for hydroxylation is 1. The Labute approximate surface area is 201 Å². The van der Waals surface area contributed by atoms with E-state index in [1.807, 2.05) is 6.07 Å². The number of hydrogen-bond acceptors (Lipinski definition) is 13. The van der Waals surface area contributed by atoms with Crippen LogP contribution in [0.25, 0.3) is 15.9 Å². The van der Waals surface area contributed by atoms with Crippen molar-refractivity contribution in [3.8, 4) is 5.69 Å². The standard InChI is InChI=1S/C19H18N6O6S3/c1-11-17(22-23-19-21-15-10-13(33-31-30-27)5-6-16(15)32-19)18(20)25(24-11)12-3-2-4-14(9-12)34(28,29)8-7-26/h2-6,9-10,26-27H,7-8,20H2,1H3/b23-22+. The first kappa shape index (κ1) is 24.2. The quantitative estimate of drug-likeness (QED) is 0.126. The van der Waals surface area contributed by atoms with Gasteiger partial charge in [0.05, 0.1) is 50.9 Å². The summed E-state index contributed by atoms with van der Waals surface area (Å²) in [7, 11) is -3.63. The number of nitrogens with two attached hydrogens (primary N) is 1. The molecular formula is C19H18N6O6S3. The van der Waals surface area contributed by atoms with Crippen LogP contribution in [0, 0.1) is 6.92 Å². The van der Waals surface area contributed by atoms with Crippen LogP contribution in [-0.2, 0) is 19.2 Å². The molecule has 4 aromatic rings. The van der Waals surface area contributed by atoms with E-state index in [4.69, 9.17) is 16.1 Å². The van der Waals surface area contributed by atoms with Gasteiger partial charge in [0.2, 0.25) is 5.13 Å². The van der Waals surface area contributed by atoms with Crippen LogP contribution in [0.15, 0.2) is 62.5 Å². The van der Waals surface area contributed by atoms with E-state index in [0.717, 1.165) is 16.7 Å². The maximum Gasteiger partial charge on any atom is 0.231 e. The van der Waals surface area contributed by atoms with E-state index < -0.39 is 16.4 Å². The third-order valence-electron chi connectivity index (χ3n) is 4.59. The lowest BCUT2D eigenvalue weighted by atomic mass is 10.3. The van der Waals surface area contributed by atoms with Gasteiger partial charge in [0.1, 0.15) is 0 Å². The molecule has 2 aromatic heterocycles. The van der Waals surface area contributed by atoms with Gasteiger partial charge in [-0.25, -0.2) is 23.3 Å². The van der Waals surface area contributed by atoms with E-state index in [0.29, 0.717) is 32.6 Å². The molecule has 0 unspecified atom stereocenters. The summed E-state index contributed by atoms with van der Waals surface area (Å²) < 4.78 is 31.3. The van der Waals surface area contributed by atoms with Gasteiger partial charge < -0.3 is 10.8 Å². The van der Waals surface area contributed by atoms with Gasteiger partial charge in [-0.2, -0.15) is 5.10 Å². The van der Waals surface area contributed by atoms with Crippen molar-refractivity contribution in [1.29, 1.82) is 0 Å². The van der Waals surface area contributed by atoms with Crippen LogP contribution in [0.4, 0.5) is 16.6 Å². The summed E-state index contributed by atoms with van der Waals surface area (Å²) in [6, 6.07) is 11.4. The maximum absolute atomic E-state index is 12.3. The first-order valence-corrected chi connectivity index (χ1v) is 12.8. The van der Waals surface area contributed by atoms with Gasteiger partial charge in [-0.05, 0) is 43.3 Å². The van der Waals surface area contributed by atoms with E-state index >= 15 is 0 Å². The Bertz CT molecular complexity index is 1470. The molecule has 0 spiro atoms. The normalized spacial score (nSPS) is 12.2. The highest BCUT2D eigenvalue weighted by Gasteiger charge is 2.18.